The number of amides is 1. The van der Waals surface area contributed by atoms with Crippen molar-refractivity contribution in [3.05, 3.63) is 59.9 Å². The Balaban J connectivity index is 1.94. The molecule has 0 aliphatic heterocycles. The van der Waals surface area contributed by atoms with Gasteiger partial charge in [-0.3, -0.25) is 4.79 Å². The minimum Gasteiger partial charge on any atom is -0.360 e. The number of hydrogen-bond acceptors (Lipinski definition) is 2. The lowest BCUT2D eigenvalue weighted by Gasteiger charge is -1.97. The van der Waals surface area contributed by atoms with Crippen LogP contribution in [0.25, 0.3) is 0 Å². The van der Waals surface area contributed by atoms with E-state index in [9.17, 15) is 4.79 Å². The van der Waals surface area contributed by atoms with Crippen LogP contribution in [0, 0.1) is 0 Å². The number of rotatable bonds is 3. The van der Waals surface area contributed by atoms with Crippen molar-refractivity contribution in [2.24, 2.45) is 5.10 Å². The number of nitrogens with one attached hydrogen (secondary N) is 2. The fourth-order valence-electron chi connectivity index (χ4n) is 1.24. The van der Waals surface area contributed by atoms with E-state index in [-0.39, 0.29) is 5.91 Å². The molecule has 1 heterocycles. The van der Waals surface area contributed by atoms with Gasteiger partial charge in [0.2, 0.25) is 0 Å². The Hall–Kier alpha value is -2.36. The van der Waals surface area contributed by atoms with Gasteiger partial charge in [-0.1, -0.05) is 18.2 Å². The predicted molar refractivity (Wildman–Crippen MR) is 62.3 cm³/mol. The van der Waals surface area contributed by atoms with E-state index in [1.165, 1.54) is 0 Å². The molecule has 0 unspecified atom stereocenters. The van der Waals surface area contributed by atoms with Crippen LogP contribution in [0.1, 0.15) is 16.1 Å². The van der Waals surface area contributed by atoms with Crippen LogP contribution in [0.15, 0.2) is 53.8 Å². The number of carbonyl (C=O) groups is 1. The highest BCUT2D eigenvalue weighted by Gasteiger charge is 2.01. The summed E-state index contributed by atoms with van der Waals surface area (Å²) < 4.78 is 0. The molecule has 2 rings (SSSR count). The van der Waals surface area contributed by atoms with E-state index in [1.54, 1.807) is 24.5 Å². The van der Waals surface area contributed by atoms with E-state index < -0.39 is 0 Å². The van der Waals surface area contributed by atoms with Gasteiger partial charge in [0, 0.05) is 11.8 Å². The Morgan fingerprint density at radius 1 is 1.19 bits per heavy atom. The standard InChI is InChI=1S/C12H11N3O/c16-12(10-5-2-1-3-6-10)15-14-9-11-7-4-8-13-11/h1-9,13H,(H,15,16)/b14-9+. The summed E-state index contributed by atoms with van der Waals surface area (Å²) in [5.41, 5.74) is 3.88. The van der Waals surface area contributed by atoms with Crippen LogP contribution in [-0.4, -0.2) is 17.1 Å². The van der Waals surface area contributed by atoms with E-state index in [1.807, 2.05) is 30.3 Å². The van der Waals surface area contributed by atoms with Gasteiger partial charge in [0.05, 0.1) is 11.9 Å². The molecule has 2 N–H and O–H groups in total. The topological polar surface area (TPSA) is 57.2 Å². The normalized spacial score (nSPS) is 10.5. The summed E-state index contributed by atoms with van der Waals surface area (Å²) in [6, 6.07) is 12.7. The molecule has 0 spiro atoms. The molecule has 0 fully saturated rings. The second-order valence-corrected chi connectivity index (χ2v) is 3.19. The third-order valence-electron chi connectivity index (χ3n) is 2.03. The van der Waals surface area contributed by atoms with Crippen molar-refractivity contribution < 1.29 is 4.79 Å². The number of carbonyl (C=O) groups excluding carboxylic acids is 1. The second-order valence-electron chi connectivity index (χ2n) is 3.19. The van der Waals surface area contributed by atoms with Crippen molar-refractivity contribution in [3.8, 4) is 0 Å². The predicted octanol–water partition coefficient (Wildman–Crippen LogP) is 1.78. The van der Waals surface area contributed by atoms with Gasteiger partial charge in [-0.2, -0.15) is 5.10 Å². The van der Waals surface area contributed by atoms with Gasteiger partial charge >= 0.3 is 0 Å². The highest BCUT2D eigenvalue weighted by atomic mass is 16.2. The number of aromatic amines is 1. The lowest BCUT2D eigenvalue weighted by molar-refractivity contribution is 0.0955. The Bertz CT molecular complexity index is 474. The molecule has 0 aliphatic carbocycles. The van der Waals surface area contributed by atoms with Gasteiger partial charge in [0.1, 0.15) is 0 Å². The van der Waals surface area contributed by atoms with E-state index in [0.717, 1.165) is 5.69 Å². The van der Waals surface area contributed by atoms with Gasteiger partial charge < -0.3 is 4.98 Å². The summed E-state index contributed by atoms with van der Waals surface area (Å²) >= 11 is 0. The van der Waals surface area contributed by atoms with Crippen molar-refractivity contribution in [2.75, 3.05) is 0 Å². The highest BCUT2D eigenvalue weighted by Crippen LogP contribution is 1.97. The van der Waals surface area contributed by atoms with Crippen LogP contribution in [0.4, 0.5) is 0 Å². The van der Waals surface area contributed by atoms with Crippen molar-refractivity contribution in [3.63, 3.8) is 0 Å². The minimum absolute atomic E-state index is 0.219. The first-order valence-corrected chi connectivity index (χ1v) is 4.88. The maximum atomic E-state index is 11.5. The molecule has 0 aliphatic rings. The number of aromatic nitrogens is 1. The summed E-state index contributed by atoms with van der Waals surface area (Å²) in [5.74, 6) is -0.219. The van der Waals surface area contributed by atoms with E-state index >= 15 is 0 Å². The van der Waals surface area contributed by atoms with E-state index in [2.05, 4.69) is 15.5 Å². The third kappa shape index (κ3) is 2.57. The van der Waals surface area contributed by atoms with Crippen LogP contribution in [0.5, 0.6) is 0 Å². The Kier molecular flexibility index (Phi) is 3.13. The first-order chi connectivity index (χ1) is 7.86. The molecule has 1 amide bonds. The fraction of sp³-hybridized carbons (Fsp3) is 0. The first-order valence-electron chi connectivity index (χ1n) is 4.88. The van der Waals surface area contributed by atoms with Gasteiger partial charge in [-0.15, -0.1) is 0 Å². The van der Waals surface area contributed by atoms with Crippen LogP contribution < -0.4 is 5.43 Å². The van der Waals surface area contributed by atoms with Crippen molar-refractivity contribution in [1.29, 1.82) is 0 Å². The largest absolute Gasteiger partial charge is 0.360 e. The van der Waals surface area contributed by atoms with Gasteiger partial charge in [-0.25, -0.2) is 5.43 Å². The molecule has 1 aromatic heterocycles. The molecule has 4 nitrogen and oxygen atoms in total. The maximum Gasteiger partial charge on any atom is 0.271 e. The maximum absolute atomic E-state index is 11.5. The Labute approximate surface area is 93.0 Å². The summed E-state index contributed by atoms with van der Waals surface area (Å²) in [4.78, 5) is 14.5. The molecule has 0 bridgehead atoms. The van der Waals surface area contributed by atoms with E-state index in [0.29, 0.717) is 5.56 Å². The molecule has 16 heavy (non-hydrogen) atoms. The molecule has 0 radical (unpaired) electrons. The summed E-state index contributed by atoms with van der Waals surface area (Å²) in [5, 5.41) is 3.83. The van der Waals surface area contributed by atoms with Crippen LogP contribution in [0.3, 0.4) is 0 Å². The number of hydrazone groups is 1. The molecule has 0 atom stereocenters. The van der Waals surface area contributed by atoms with E-state index in [4.69, 9.17) is 0 Å². The number of hydrogen-bond donors (Lipinski definition) is 2. The monoisotopic (exact) mass is 213 g/mol. The molecule has 80 valence electrons. The molecular formula is C12H11N3O. The number of benzene rings is 1. The average molecular weight is 213 g/mol. The van der Waals surface area contributed by atoms with Gasteiger partial charge in [0.15, 0.2) is 0 Å². The highest BCUT2D eigenvalue weighted by molar-refractivity contribution is 5.94. The quantitative estimate of drug-likeness (QED) is 0.592. The first kappa shape index (κ1) is 10.2. The fourth-order valence-corrected chi connectivity index (χ4v) is 1.24. The van der Waals surface area contributed by atoms with Crippen LogP contribution in [-0.2, 0) is 0 Å². The second kappa shape index (κ2) is 4.93. The number of H-pyrrole nitrogens is 1. The molecule has 0 saturated heterocycles. The number of nitrogens with zero attached hydrogens (tertiary/aromatic N) is 1. The summed E-state index contributed by atoms with van der Waals surface area (Å²) in [7, 11) is 0. The molecule has 1 aromatic carbocycles. The zero-order valence-electron chi connectivity index (χ0n) is 8.55. The summed E-state index contributed by atoms with van der Waals surface area (Å²) in [6.45, 7) is 0. The SMILES string of the molecule is O=C(N/N=C/c1ccc[nH]1)c1ccccc1. The third-order valence-corrected chi connectivity index (χ3v) is 2.03. The Morgan fingerprint density at radius 2 is 2.00 bits per heavy atom. The summed E-state index contributed by atoms with van der Waals surface area (Å²) in [6.07, 6.45) is 3.35. The van der Waals surface area contributed by atoms with Gasteiger partial charge in [0.25, 0.3) is 5.91 Å². The van der Waals surface area contributed by atoms with Gasteiger partial charge in [-0.05, 0) is 24.3 Å². The molecule has 4 heteroatoms. The van der Waals surface area contributed by atoms with Crippen molar-refractivity contribution in [2.45, 2.75) is 0 Å². The van der Waals surface area contributed by atoms with Crippen molar-refractivity contribution in [1.82, 2.24) is 10.4 Å². The van der Waals surface area contributed by atoms with Crippen LogP contribution in [0.2, 0.25) is 0 Å². The zero-order chi connectivity index (χ0) is 11.2. The smallest absolute Gasteiger partial charge is 0.271 e. The zero-order valence-corrected chi connectivity index (χ0v) is 8.55. The molecular weight excluding hydrogens is 202 g/mol. The molecule has 2 aromatic rings. The lowest BCUT2D eigenvalue weighted by Crippen LogP contribution is -2.17. The minimum atomic E-state index is -0.219. The average Bonchev–Trinajstić information content (AvgIpc) is 2.83. The van der Waals surface area contributed by atoms with Crippen molar-refractivity contribution >= 4 is 12.1 Å². The van der Waals surface area contributed by atoms with Crippen LogP contribution >= 0.6 is 0 Å². The Morgan fingerprint density at radius 3 is 2.69 bits per heavy atom. The lowest BCUT2D eigenvalue weighted by atomic mass is 10.2. The molecule has 0 saturated carbocycles.